The Morgan fingerprint density at radius 1 is 0.700 bits per heavy atom. The molecule has 0 saturated carbocycles. The van der Waals surface area contributed by atoms with Gasteiger partial charge in [-0.1, -0.05) is 66.2 Å². The van der Waals surface area contributed by atoms with Gasteiger partial charge in [-0.2, -0.15) is 0 Å². The van der Waals surface area contributed by atoms with Crippen LogP contribution in [0.4, 0.5) is 0 Å². The van der Waals surface area contributed by atoms with Crippen LogP contribution in [-0.2, 0) is 23.7 Å². The van der Waals surface area contributed by atoms with Gasteiger partial charge in [0.1, 0.15) is 6.10 Å². The monoisotopic (exact) mass is 430 g/mol. The Balaban J connectivity index is 2.69. The lowest BCUT2D eigenvalue weighted by Gasteiger charge is -2.40. The summed E-state index contributed by atoms with van der Waals surface area (Å²) in [7, 11) is 0. The molecule has 2 atom stereocenters. The molecule has 5 heteroatoms. The zero-order chi connectivity index (χ0) is 21.9. The molecule has 1 saturated heterocycles. The van der Waals surface area contributed by atoms with Crippen LogP contribution in [-0.4, -0.2) is 51.7 Å². The van der Waals surface area contributed by atoms with Crippen molar-refractivity contribution in [2.75, 3.05) is 39.6 Å². The van der Waals surface area contributed by atoms with E-state index in [1.807, 2.05) is 0 Å². The van der Waals surface area contributed by atoms with Gasteiger partial charge in [0.25, 0.3) is 5.97 Å². The molecule has 1 fully saturated rings. The van der Waals surface area contributed by atoms with Gasteiger partial charge in [-0.25, -0.2) is 0 Å². The molecule has 1 aliphatic heterocycles. The normalized spacial score (nSPS) is 17.4. The van der Waals surface area contributed by atoms with E-state index in [4.69, 9.17) is 23.7 Å². The topological polar surface area (TPSA) is 49.5 Å². The Kier molecular flexibility index (Phi) is 17.1. The average Bonchev–Trinajstić information content (AvgIpc) is 3.59. The van der Waals surface area contributed by atoms with Crippen molar-refractivity contribution in [2.24, 2.45) is 5.92 Å². The van der Waals surface area contributed by atoms with E-state index < -0.39 is 5.97 Å². The molecule has 0 N–H and O–H groups in total. The van der Waals surface area contributed by atoms with Crippen LogP contribution in [0.25, 0.3) is 0 Å². The predicted octanol–water partition coefficient (Wildman–Crippen LogP) is 6.48. The smallest absolute Gasteiger partial charge is 0.285 e. The molecule has 1 heterocycles. The Morgan fingerprint density at radius 3 is 1.77 bits per heavy atom. The van der Waals surface area contributed by atoms with Crippen molar-refractivity contribution in [2.45, 2.75) is 117 Å². The van der Waals surface area contributed by atoms with Crippen LogP contribution in [0.2, 0.25) is 0 Å². The first-order chi connectivity index (χ1) is 14.7. The molecule has 0 radical (unpaired) electrons. The molecule has 0 aromatic rings. The molecule has 0 aromatic heterocycles. The van der Waals surface area contributed by atoms with E-state index >= 15 is 0 Å². The van der Waals surface area contributed by atoms with Gasteiger partial charge in [-0.05, 0) is 38.5 Å². The van der Waals surface area contributed by atoms with Gasteiger partial charge in [0, 0.05) is 12.5 Å². The second-order valence-corrected chi connectivity index (χ2v) is 8.57. The summed E-state index contributed by atoms with van der Waals surface area (Å²) in [6.07, 6.45) is 14.0. The predicted molar refractivity (Wildman–Crippen MR) is 123 cm³/mol. The van der Waals surface area contributed by atoms with E-state index in [1.54, 1.807) is 0 Å². The molecule has 0 aromatic carbocycles. The minimum Gasteiger partial charge on any atom is -0.379 e. The fourth-order valence-electron chi connectivity index (χ4n) is 3.69. The van der Waals surface area contributed by atoms with Crippen LogP contribution in [0.3, 0.4) is 0 Å². The largest absolute Gasteiger partial charge is 0.379 e. The van der Waals surface area contributed by atoms with Gasteiger partial charge in [0.05, 0.1) is 33.0 Å². The highest BCUT2D eigenvalue weighted by Gasteiger charge is 2.42. The number of rotatable bonds is 23. The summed E-state index contributed by atoms with van der Waals surface area (Å²) >= 11 is 0. The lowest BCUT2D eigenvalue weighted by atomic mass is 9.93. The highest BCUT2D eigenvalue weighted by atomic mass is 16.9. The van der Waals surface area contributed by atoms with E-state index in [1.165, 1.54) is 38.5 Å². The van der Waals surface area contributed by atoms with Crippen molar-refractivity contribution < 1.29 is 23.7 Å². The first-order valence-corrected chi connectivity index (χ1v) is 12.8. The average molecular weight is 431 g/mol. The molecule has 180 valence electrons. The summed E-state index contributed by atoms with van der Waals surface area (Å²) in [4.78, 5) is 0. The minimum atomic E-state index is -0.912. The number of epoxide rings is 1. The molecular formula is C25H50O5. The Hall–Kier alpha value is -0.200. The molecule has 1 rings (SSSR count). The Morgan fingerprint density at radius 2 is 1.23 bits per heavy atom. The molecule has 0 aliphatic carbocycles. The van der Waals surface area contributed by atoms with Crippen LogP contribution in [0, 0.1) is 5.92 Å². The molecule has 0 bridgehead atoms. The van der Waals surface area contributed by atoms with E-state index in [2.05, 4.69) is 27.7 Å². The van der Waals surface area contributed by atoms with E-state index in [9.17, 15) is 0 Å². The quantitative estimate of drug-likeness (QED) is 0.105. The van der Waals surface area contributed by atoms with Crippen molar-refractivity contribution in [3.05, 3.63) is 0 Å². The zero-order valence-corrected chi connectivity index (χ0v) is 20.4. The third-order valence-corrected chi connectivity index (χ3v) is 5.48. The highest BCUT2D eigenvalue weighted by Crippen LogP contribution is 2.34. The molecule has 0 amide bonds. The van der Waals surface area contributed by atoms with Gasteiger partial charge >= 0.3 is 0 Å². The van der Waals surface area contributed by atoms with Crippen molar-refractivity contribution in [3.8, 4) is 0 Å². The minimum absolute atomic E-state index is 0.231. The van der Waals surface area contributed by atoms with Gasteiger partial charge in [0.2, 0.25) is 0 Å². The number of ether oxygens (including phenoxy) is 5. The zero-order valence-electron chi connectivity index (χ0n) is 20.4. The molecule has 1 aliphatic rings. The summed E-state index contributed by atoms with van der Waals surface area (Å²) in [5, 5.41) is 0. The third kappa shape index (κ3) is 12.6. The second kappa shape index (κ2) is 18.4. The van der Waals surface area contributed by atoms with E-state index in [0.717, 1.165) is 58.3 Å². The Labute approximate surface area is 186 Å². The summed E-state index contributed by atoms with van der Waals surface area (Å²) in [6, 6.07) is 0. The fourth-order valence-corrected chi connectivity index (χ4v) is 3.69. The first-order valence-electron chi connectivity index (χ1n) is 12.8. The summed E-state index contributed by atoms with van der Waals surface area (Å²) in [5.41, 5.74) is 0. The lowest BCUT2D eigenvalue weighted by Crippen LogP contribution is -2.47. The van der Waals surface area contributed by atoms with Crippen molar-refractivity contribution in [1.82, 2.24) is 0 Å². The molecular weight excluding hydrogens is 380 g/mol. The van der Waals surface area contributed by atoms with Crippen LogP contribution in [0.1, 0.15) is 105 Å². The van der Waals surface area contributed by atoms with Gasteiger partial charge in [0.15, 0.2) is 0 Å². The third-order valence-electron chi connectivity index (χ3n) is 5.48. The maximum absolute atomic E-state index is 6.34. The number of hydrogen-bond acceptors (Lipinski definition) is 5. The molecule has 5 nitrogen and oxygen atoms in total. The van der Waals surface area contributed by atoms with E-state index in [0.29, 0.717) is 25.9 Å². The van der Waals surface area contributed by atoms with Crippen molar-refractivity contribution in [3.63, 3.8) is 0 Å². The van der Waals surface area contributed by atoms with Gasteiger partial charge < -0.3 is 23.7 Å². The van der Waals surface area contributed by atoms with Gasteiger partial charge in [-0.15, -0.1) is 0 Å². The van der Waals surface area contributed by atoms with Crippen LogP contribution >= 0.6 is 0 Å². The summed E-state index contributed by atoms with van der Waals surface area (Å²) in [5.74, 6) is -0.681. The van der Waals surface area contributed by atoms with E-state index in [-0.39, 0.29) is 5.92 Å². The van der Waals surface area contributed by atoms with Crippen molar-refractivity contribution >= 4 is 0 Å². The standard InChI is InChI=1S/C25H50O5/c1-5-9-10-11-12-13-15-23(16-14-20-26-21-24-22-27-24)25(28-17-6-2,29-18-7-3)30-19-8-4/h23-24H,5-22H2,1-4H3/t23-,24?/m1/s1. The second-order valence-electron chi connectivity index (χ2n) is 8.57. The number of unbranched alkanes of at least 4 members (excludes halogenated alkanes) is 5. The fraction of sp³-hybridized carbons (Fsp3) is 1.00. The maximum atomic E-state index is 6.34. The molecule has 0 spiro atoms. The molecule has 1 unspecified atom stereocenters. The SMILES string of the molecule is CCCCCCCC[C@H](CCCOCC1CO1)C(OCCC)(OCCC)OCCC. The van der Waals surface area contributed by atoms with Crippen LogP contribution < -0.4 is 0 Å². The summed E-state index contributed by atoms with van der Waals surface area (Å²) < 4.78 is 30.0. The summed E-state index contributed by atoms with van der Waals surface area (Å²) in [6.45, 7) is 13.0. The number of hydrogen-bond donors (Lipinski definition) is 0. The molecule has 30 heavy (non-hydrogen) atoms. The first kappa shape index (κ1) is 27.8. The van der Waals surface area contributed by atoms with Gasteiger partial charge in [-0.3, -0.25) is 0 Å². The lowest BCUT2D eigenvalue weighted by molar-refractivity contribution is -0.406. The van der Waals surface area contributed by atoms with Crippen LogP contribution in [0.15, 0.2) is 0 Å². The van der Waals surface area contributed by atoms with Crippen LogP contribution in [0.5, 0.6) is 0 Å². The highest BCUT2D eigenvalue weighted by molar-refractivity contribution is 4.74. The maximum Gasteiger partial charge on any atom is 0.285 e. The van der Waals surface area contributed by atoms with Crippen molar-refractivity contribution in [1.29, 1.82) is 0 Å². The Bertz CT molecular complexity index is 351.